The van der Waals surface area contributed by atoms with Gasteiger partial charge in [-0.05, 0) is 0 Å². The third-order valence-corrected chi connectivity index (χ3v) is 313. The van der Waals surface area contributed by atoms with E-state index in [-0.39, 0.29) is 0 Å². The van der Waals surface area contributed by atoms with Gasteiger partial charge in [-0.25, -0.2) is 0 Å². The zero-order valence-electron chi connectivity index (χ0n) is 37.8. The maximum atomic E-state index is 3.07. The van der Waals surface area contributed by atoms with Gasteiger partial charge in [0.1, 0.15) is 0 Å². The van der Waals surface area contributed by atoms with E-state index in [0.717, 1.165) is 66.5 Å². The van der Waals surface area contributed by atoms with Crippen LogP contribution in [0.4, 0.5) is 0 Å². The van der Waals surface area contributed by atoms with Crippen LogP contribution in [0, 0.1) is 0 Å². The van der Waals surface area contributed by atoms with Crippen LogP contribution in [-0.2, 0) is 0 Å². The van der Waals surface area contributed by atoms with Gasteiger partial charge in [0.2, 0.25) is 0 Å². The summed E-state index contributed by atoms with van der Waals surface area (Å²) in [4.78, 5) is 0. The Balaban J connectivity index is 3.17. The second-order valence-electron chi connectivity index (χ2n) is 21.2. The lowest BCUT2D eigenvalue weighted by Crippen LogP contribution is -3.42. The molecule has 3 rings (SSSR count). The first-order chi connectivity index (χ1) is 22.0. The molecule has 3 heterocycles. The van der Waals surface area contributed by atoms with Crippen molar-refractivity contribution in [3.63, 3.8) is 0 Å². The van der Waals surface area contributed by atoms with E-state index in [1.54, 1.807) is 25.7 Å². The maximum Gasteiger partial charge on any atom is 0.0400 e. The van der Waals surface area contributed by atoms with Crippen LogP contribution in [0.3, 0.4) is 0 Å². The van der Waals surface area contributed by atoms with Crippen LogP contribution in [0.5, 0.6) is 0 Å². The van der Waals surface area contributed by atoms with E-state index in [9.17, 15) is 0 Å². The van der Waals surface area contributed by atoms with Crippen LogP contribution in [0.1, 0.15) is 192 Å². The molecule has 8 heteroatoms. The van der Waals surface area contributed by atoms with Crippen molar-refractivity contribution < 1.29 is 0 Å². The van der Waals surface area contributed by atoms with Crippen molar-refractivity contribution >= 4 is 54.9 Å². The fourth-order valence-corrected chi connectivity index (χ4v) is 717. The summed E-state index contributed by atoms with van der Waals surface area (Å²) in [6, 6.07) is 0. The molecule has 0 aliphatic carbocycles. The first-order valence-corrected chi connectivity index (χ1v) is 48.9. The van der Waals surface area contributed by atoms with Gasteiger partial charge in [0.15, 0.2) is 0 Å². The third kappa shape index (κ3) is 3.54. The van der Waals surface area contributed by atoms with E-state index in [1.807, 2.05) is 0 Å². The van der Waals surface area contributed by atoms with Gasteiger partial charge in [-0.15, -0.1) is 0 Å². The molecule has 0 amide bonds. The Morgan fingerprint density at radius 1 is 0.229 bits per heavy atom. The molecule has 3 fully saturated rings. The highest BCUT2D eigenvalue weighted by molar-refractivity contribution is 8.61. The Morgan fingerprint density at radius 3 is 0.396 bits per heavy atom. The lowest BCUT2D eigenvalue weighted by molar-refractivity contribution is 0.783. The van der Waals surface area contributed by atoms with E-state index >= 15 is 0 Å². The highest BCUT2D eigenvalue weighted by Gasteiger charge is 3.18. The van der Waals surface area contributed by atoms with Gasteiger partial charge >= 0.3 is 0 Å². The van der Waals surface area contributed by atoms with Gasteiger partial charge in [0.25, 0.3) is 0 Å². The molecule has 0 radical (unpaired) electrons. The fourth-order valence-electron chi connectivity index (χ4n) is 21.1. The average Bonchev–Trinajstić information content (AvgIpc) is 2.96. The molecule has 3 aliphatic heterocycles. The lowest BCUT2D eigenvalue weighted by atomic mass is 10.4. The molecule has 284 valence electrons. The smallest absolute Gasteiger partial charge is 0.0400 e. The van der Waals surface area contributed by atoms with Gasteiger partial charge in [-0.2, -0.15) is 0 Å². The summed E-state index contributed by atoms with van der Waals surface area (Å²) in [5.41, 5.74) is 12.6. The summed E-state index contributed by atoms with van der Waals surface area (Å²) < 4.78 is 0. The molecule has 0 spiro atoms. The molecular weight excluding hydrogens is 705 g/mol. The lowest BCUT2D eigenvalue weighted by Gasteiger charge is -3.13. The number of rotatable bonds is 16. The zero-order valence-corrected chi connectivity index (χ0v) is 45.8. The zero-order chi connectivity index (χ0) is 37.8. The summed E-state index contributed by atoms with van der Waals surface area (Å²) in [6.07, 6.45) is 6.17. The number of hydrogen-bond acceptors (Lipinski definition) is 0. The van der Waals surface area contributed by atoms with E-state index in [4.69, 9.17) is 0 Å². The molecular formula is C40H92Si8. The Kier molecular flexibility index (Phi) is 12.7. The first-order valence-electron chi connectivity index (χ1n) is 22.0. The second-order valence-corrected chi connectivity index (χ2v) is 120. The predicted octanol–water partition coefficient (Wildman–Crippen LogP) is 14.9. The molecule has 0 nitrogen and oxygen atoms in total. The van der Waals surface area contributed by atoms with Crippen molar-refractivity contribution in [2.45, 2.75) is 258 Å². The van der Waals surface area contributed by atoms with Crippen molar-refractivity contribution in [2.75, 3.05) is 0 Å². The molecule has 48 heavy (non-hydrogen) atoms. The molecule has 3 aliphatic rings. The highest BCUT2D eigenvalue weighted by atomic mass is 30.8. The minimum absolute atomic E-state index is 1.01. The summed E-state index contributed by atoms with van der Waals surface area (Å²) in [5, 5.41) is 0. The minimum Gasteiger partial charge on any atom is -0.0656 e. The fraction of sp³-hybridized carbons (Fsp3) is 1.00. The number of hydrogen-bond donors (Lipinski definition) is 0. The van der Waals surface area contributed by atoms with Crippen molar-refractivity contribution in [3.8, 4) is 0 Å². The minimum atomic E-state index is -1.70. The Bertz CT molecular complexity index is 920. The van der Waals surface area contributed by atoms with Crippen LogP contribution >= 0.6 is 0 Å². The van der Waals surface area contributed by atoms with Crippen molar-refractivity contribution in [1.82, 2.24) is 0 Å². The molecule has 0 N–H and O–H groups in total. The Labute approximate surface area is 311 Å². The maximum absolute atomic E-state index is 3.07. The van der Waals surface area contributed by atoms with Crippen LogP contribution < -0.4 is 0 Å². The standard InChI is InChI=1S/C40H92Si8/c1-25-37(21)45-41(29(5)6,30(7)8)42(31(9)10,32(11)12)46(45,38(22)26-2)48(40(24)28-4)44(35(17)18,36(19)20)43(33(13)14,34(15)16)47(45,48)39(23)27-3/h29-40H,25-28H2,1-24H3/t37-,38-,39-,40-,45?,46?,47?,48?/m0/s1. The Hall–Kier alpha value is 1.74. The molecule has 0 aromatic carbocycles. The second kappa shape index (κ2) is 13.8. The molecule has 0 aromatic heterocycles. The van der Waals surface area contributed by atoms with E-state index < -0.39 is 54.9 Å². The van der Waals surface area contributed by atoms with Gasteiger partial charge in [0.05, 0.1) is 0 Å². The largest absolute Gasteiger partial charge is 0.0656 e. The highest BCUT2D eigenvalue weighted by Crippen LogP contribution is 2.94. The van der Waals surface area contributed by atoms with Gasteiger partial charge in [-0.1, -0.05) is 258 Å². The Morgan fingerprint density at radius 2 is 0.333 bits per heavy atom. The summed E-state index contributed by atoms with van der Waals surface area (Å²) in [7, 11) is -6.80. The summed E-state index contributed by atoms with van der Waals surface area (Å²) in [5.74, 6) is 0. The first kappa shape index (κ1) is 44.1. The van der Waals surface area contributed by atoms with Gasteiger partial charge in [-0.3, -0.25) is 0 Å². The van der Waals surface area contributed by atoms with Crippen molar-refractivity contribution in [2.24, 2.45) is 0 Å². The van der Waals surface area contributed by atoms with E-state index in [1.165, 1.54) is 0 Å². The molecule has 4 atom stereocenters. The van der Waals surface area contributed by atoms with E-state index in [2.05, 4.69) is 166 Å². The average molecular weight is 798 g/mol. The van der Waals surface area contributed by atoms with Crippen molar-refractivity contribution in [3.05, 3.63) is 0 Å². The van der Waals surface area contributed by atoms with Crippen molar-refractivity contribution in [1.29, 1.82) is 0 Å². The summed E-state index contributed by atoms with van der Waals surface area (Å²) in [6.45, 7) is 63.6. The normalized spacial score (nSPS) is 35.5. The topological polar surface area (TPSA) is 0 Å². The molecule has 0 bridgehead atoms. The van der Waals surface area contributed by atoms with Crippen LogP contribution in [0.15, 0.2) is 0 Å². The third-order valence-electron chi connectivity index (χ3n) is 19.2. The molecule has 0 unspecified atom stereocenters. The van der Waals surface area contributed by atoms with Gasteiger partial charge in [0, 0.05) is 54.9 Å². The number of fused-ring (bicyclic) bond motifs is 4. The monoisotopic (exact) mass is 797 g/mol. The van der Waals surface area contributed by atoms with Crippen LogP contribution in [0.25, 0.3) is 0 Å². The molecule has 3 saturated heterocycles. The quantitative estimate of drug-likeness (QED) is 0.137. The predicted molar refractivity (Wildman–Crippen MR) is 246 cm³/mol. The van der Waals surface area contributed by atoms with Crippen LogP contribution in [-0.4, -0.2) is 54.9 Å². The summed E-state index contributed by atoms with van der Waals surface area (Å²) >= 11 is 0. The van der Waals surface area contributed by atoms with Crippen LogP contribution in [0.2, 0.25) is 66.5 Å². The van der Waals surface area contributed by atoms with Gasteiger partial charge < -0.3 is 0 Å². The van der Waals surface area contributed by atoms with E-state index in [0.29, 0.717) is 0 Å². The molecule has 0 aromatic rings. The molecule has 0 saturated carbocycles. The SMILES string of the molecule is CC[C@H](C)[Si]12[Si](C(C)C)(C(C)C)[Si](C(C)C)(C(C)C)[Si]1([C@@H](C)CC)[Si]1([C@@H](C)CC)[Si](C(C)C)(C(C)C)[Si](C(C)C)(C(C)C)[Si]21[C@@H](C)CC.